The van der Waals surface area contributed by atoms with E-state index >= 15 is 0 Å². The molecule has 2 aromatic rings. The summed E-state index contributed by atoms with van der Waals surface area (Å²) in [6.07, 6.45) is 1.43. The highest BCUT2D eigenvalue weighted by molar-refractivity contribution is 7.09. The molecule has 6 heteroatoms. The molecule has 15 heavy (non-hydrogen) atoms. The molecule has 0 amide bonds. The van der Waals surface area contributed by atoms with Crippen LogP contribution in [0.3, 0.4) is 0 Å². The quantitative estimate of drug-likeness (QED) is 0.875. The third-order valence-corrected chi connectivity index (χ3v) is 2.41. The number of benzene rings is 1. The van der Waals surface area contributed by atoms with Crippen LogP contribution in [0, 0.1) is 11.6 Å². The molecule has 0 saturated heterocycles. The Kier molecular flexibility index (Phi) is 2.86. The molecule has 0 bridgehead atoms. The average molecular weight is 227 g/mol. The summed E-state index contributed by atoms with van der Waals surface area (Å²) in [4.78, 5) is 3.90. The van der Waals surface area contributed by atoms with E-state index in [0.717, 1.165) is 12.1 Å². The van der Waals surface area contributed by atoms with Crippen molar-refractivity contribution in [1.82, 2.24) is 9.36 Å². The van der Waals surface area contributed by atoms with Crippen LogP contribution >= 0.6 is 11.5 Å². The lowest BCUT2D eigenvalue weighted by molar-refractivity contribution is 0.507. The van der Waals surface area contributed by atoms with Gasteiger partial charge in [-0.15, -0.1) is 0 Å². The van der Waals surface area contributed by atoms with E-state index in [0.29, 0.717) is 17.2 Å². The van der Waals surface area contributed by atoms with E-state index in [1.807, 2.05) is 0 Å². The van der Waals surface area contributed by atoms with Crippen LogP contribution in [0.25, 0.3) is 0 Å². The van der Waals surface area contributed by atoms with E-state index in [4.69, 9.17) is 0 Å². The molecule has 1 heterocycles. The maximum absolute atomic E-state index is 12.8. The number of halogens is 2. The van der Waals surface area contributed by atoms with Crippen molar-refractivity contribution >= 4 is 16.7 Å². The molecule has 0 atom stereocenters. The topological polar surface area (TPSA) is 37.8 Å². The first-order valence-electron chi connectivity index (χ1n) is 4.20. The van der Waals surface area contributed by atoms with Crippen LogP contribution < -0.4 is 5.32 Å². The van der Waals surface area contributed by atoms with E-state index in [1.165, 1.54) is 23.9 Å². The highest BCUT2D eigenvalue weighted by atomic mass is 32.1. The largest absolute Gasteiger partial charge is 0.356 e. The Hall–Kier alpha value is -1.56. The lowest BCUT2D eigenvalue weighted by atomic mass is 10.2. The van der Waals surface area contributed by atoms with Crippen LogP contribution in [-0.2, 0) is 6.54 Å². The monoisotopic (exact) mass is 227 g/mol. The number of anilines is 1. The molecule has 3 nitrogen and oxygen atoms in total. The van der Waals surface area contributed by atoms with Gasteiger partial charge in [-0.25, -0.2) is 13.8 Å². The van der Waals surface area contributed by atoms with Crippen molar-refractivity contribution in [1.29, 1.82) is 0 Å². The van der Waals surface area contributed by atoms with E-state index in [2.05, 4.69) is 14.7 Å². The summed E-state index contributed by atoms with van der Waals surface area (Å²) in [5.41, 5.74) is 0.657. The third-order valence-electron chi connectivity index (χ3n) is 1.79. The maximum atomic E-state index is 12.8. The second-order valence-corrected chi connectivity index (χ2v) is 3.63. The fourth-order valence-corrected chi connectivity index (χ4v) is 1.50. The van der Waals surface area contributed by atoms with Crippen molar-refractivity contribution in [3.05, 3.63) is 41.7 Å². The Morgan fingerprint density at radius 1 is 1.27 bits per heavy atom. The maximum Gasteiger partial charge on any atom is 0.202 e. The lowest BCUT2D eigenvalue weighted by Crippen LogP contribution is -1.99. The predicted octanol–water partition coefficient (Wildman–Crippen LogP) is 2.43. The van der Waals surface area contributed by atoms with Crippen LogP contribution in [0.1, 0.15) is 5.56 Å². The van der Waals surface area contributed by atoms with Crippen LogP contribution in [0.4, 0.5) is 13.9 Å². The summed E-state index contributed by atoms with van der Waals surface area (Å²) in [6.45, 7) is 0.395. The van der Waals surface area contributed by atoms with Gasteiger partial charge in [0.05, 0.1) is 0 Å². The first kappa shape index (κ1) is 9.97. The van der Waals surface area contributed by atoms with Gasteiger partial charge in [-0.1, -0.05) is 6.07 Å². The van der Waals surface area contributed by atoms with Gasteiger partial charge in [0, 0.05) is 18.1 Å². The number of hydrogen-bond donors (Lipinski definition) is 1. The molecule has 0 radical (unpaired) electrons. The Balaban J connectivity index is 2.02. The molecule has 1 aromatic heterocycles. The van der Waals surface area contributed by atoms with Crippen molar-refractivity contribution in [2.75, 3.05) is 5.32 Å². The second kappa shape index (κ2) is 4.31. The fourth-order valence-electron chi connectivity index (χ4n) is 1.08. The minimum absolute atomic E-state index is 0.395. The number of rotatable bonds is 3. The Bertz CT molecular complexity index is 445. The lowest BCUT2D eigenvalue weighted by Gasteiger charge is -2.02. The van der Waals surface area contributed by atoms with Gasteiger partial charge in [-0.3, -0.25) is 0 Å². The molecule has 0 spiro atoms. The van der Waals surface area contributed by atoms with Crippen LogP contribution in [-0.4, -0.2) is 9.36 Å². The van der Waals surface area contributed by atoms with E-state index in [9.17, 15) is 8.78 Å². The van der Waals surface area contributed by atoms with Gasteiger partial charge in [0.1, 0.15) is 6.33 Å². The number of nitrogens with zero attached hydrogens (tertiary/aromatic N) is 2. The molecule has 0 unspecified atom stereocenters. The molecule has 0 aliphatic rings. The van der Waals surface area contributed by atoms with Crippen LogP contribution in [0.2, 0.25) is 0 Å². The standard InChI is InChI=1S/C9H7F2N3S/c10-7-2-1-6(3-8(7)11)4-12-9-13-5-14-15-9/h1-3,5H,4H2,(H,12,13,14). The smallest absolute Gasteiger partial charge is 0.202 e. The molecular formula is C9H7F2N3S. The summed E-state index contributed by atoms with van der Waals surface area (Å²) in [6, 6.07) is 3.78. The predicted molar refractivity (Wildman–Crippen MR) is 53.6 cm³/mol. The van der Waals surface area contributed by atoms with E-state index < -0.39 is 11.6 Å². The molecular weight excluding hydrogens is 220 g/mol. The second-order valence-electron chi connectivity index (χ2n) is 2.85. The summed E-state index contributed by atoms with van der Waals surface area (Å²) in [7, 11) is 0. The number of aromatic nitrogens is 2. The molecule has 0 aliphatic carbocycles. The molecule has 1 aromatic carbocycles. The van der Waals surface area contributed by atoms with E-state index in [1.54, 1.807) is 0 Å². The van der Waals surface area contributed by atoms with Crippen LogP contribution in [0.15, 0.2) is 24.5 Å². The van der Waals surface area contributed by atoms with E-state index in [-0.39, 0.29) is 0 Å². The highest BCUT2D eigenvalue weighted by Gasteiger charge is 2.02. The van der Waals surface area contributed by atoms with Crippen molar-refractivity contribution in [3.8, 4) is 0 Å². The van der Waals surface area contributed by atoms with Crippen molar-refractivity contribution < 1.29 is 8.78 Å². The van der Waals surface area contributed by atoms with Gasteiger partial charge in [0.2, 0.25) is 5.13 Å². The molecule has 78 valence electrons. The molecule has 0 fully saturated rings. The van der Waals surface area contributed by atoms with Gasteiger partial charge < -0.3 is 5.32 Å². The van der Waals surface area contributed by atoms with Gasteiger partial charge in [-0.2, -0.15) is 4.37 Å². The first-order chi connectivity index (χ1) is 7.25. The molecule has 1 N–H and O–H groups in total. The first-order valence-corrected chi connectivity index (χ1v) is 4.97. The Morgan fingerprint density at radius 2 is 2.13 bits per heavy atom. The zero-order valence-electron chi connectivity index (χ0n) is 7.58. The molecule has 2 rings (SSSR count). The van der Waals surface area contributed by atoms with Gasteiger partial charge in [0.15, 0.2) is 11.6 Å². The Labute approximate surface area is 89.0 Å². The van der Waals surface area contributed by atoms with Gasteiger partial charge >= 0.3 is 0 Å². The number of nitrogens with one attached hydrogen (secondary N) is 1. The Morgan fingerprint density at radius 3 is 2.80 bits per heavy atom. The highest BCUT2D eigenvalue weighted by Crippen LogP contribution is 2.12. The zero-order valence-corrected chi connectivity index (χ0v) is 8.39. The average Bonchev–Trinajstić information content (AvgIpc) is 2.73. The van der Waals surface area contributed by atoms with Gasteiger partial charge in [-0.05, 0) is 17.7 Å². The summed E-state index contributed by atoms with van der Waals surface area (Å²) < 4.78 is 29.2. The minimum Gasteiger partial charge on any atom is -0.356 e. The molecule has 0 aliphatic heterocycles. The molecule has 0 saturated carbocycles. The van der Waals surface area contributed by atoms with Crippen molar-refractivity contribution in [2.45, 2.75) is 6.54 Å². The normalized spacial score (nSPS) is 10.3. The van der Waals surface area contributed by atoms with Crippen molar-refractivity contribution in [2.24, 2.45) is 0 Å². The SMILES string of the molecule is Fc1ccc(CNc2ncns2)cc1F. The van der Waals surface area contributed by atoms with Crippen LogP contribution in [0.5, 0.6) is 0 Å². The minimum atomic E-state index is -0.841. The zero-order chi connectivity index (χ0) is 10.7. The summed E-state index contributed by atoms with van der Waals surface area (Å²) in [5, 5.41) is 3.60. The number of hydrogen-bond acceptors (Lipinski definition) is 4. The summed E-state index contributed by atoms with van der Waals surface area (Å²) in [5.74, 6) is -1.68. The van der Waals surface area contributed by atoms with Gasteiger partial charge in [0.25, 0.3) is 0 Å². The summed E-state index contributed by atoms with van der Waals surface area (Å²) >= 11 is 1.21. The van der Waals surface area contributed by atoms with Crippen molar-refractivity contribution in [3.63, 3.8) is 0 Å². The fraction of sp³-hybridized carbons (Fsp3) is 0.111. The third kappa shape index (κ3) is 2.47.